The van der Waals surface area contributed by atoms with Gasteiger partial charge in [0.25, 0.3) is 0 Å². The van der Waals surface area contributed by atoms with Gasteiger partial charge in [0.15, 0.2) is 11.9 Å². The van der Waals surface area contributed by atoms with E-state index in [1.807, 2.05) is 11.8 Å². The van der Waals surface area contributed by atoms with Crippen LogP contribution in [0.5, 0.6) is 0 Å². The fourth-order valence-electron chi connectivity index (χ4n) is 2.32. The Morgan fingerprint density at radius 2 is 2.00 bits per heavy atom. The molecule has 1 saturated carbocycles. The van der Waals surface area contributed by atoms with E-state index in [9.17, 15) is 0 Å². The lowest BCUT2D eigenvalue weighted by atomic mass is 10.0. The maximum absolute atomic E-state index is 5.70. The molecule has 0 saturated heterocycles. The van der Waals surface area contributed by atoms with Crippen LogP contribution in [0.15, 0.2) is 20.0 Å². The molecule has 2 N–H and O–H groups in total. The molecule has 3 rings (SSSR count). The number of nitrogens with zero attached hydrogens (tertiary/aromatic N) is 4. The molecule has 2 aliphatic heterocycles. The summed E-state index contributed by atoms with van der Waals surface area (Å²) >= 11 is 1.82. The minimum absolute atomic E-state index is 0.0887. The first-order valence-electron chi connectivity index (χ1n) is 6.01. The second-order valence-electron chi connectivity index (χ2n) is 4.45. The van der Waals surface area contributed by atoms with E-state index < -0.39 is 0 Å². The SMILES string of the molecule is NC1=NC2=NC=NC2C(SC2CCCCC2)=N1. The minimum atomic E-state index is -0.0887. The van der Waals surface area contributed by atoms with Crippen LogP contribution >= 0.6 is 11.8 Å². The predicted octanol–water partition coefficient (Wildman–Crippen LogP) is 1.59. The van der Waals surface area contributed by atoms with Crippen molar-refractivity contribution in [3.63, 3.8) is 0 Å². The number of hydrogen-bond acceptors (Lipinski definition) is 6. The number of fused-ring (bicyclic) bond motifs is 1. The van der Waals surface area contributed by atoms with Crippen molar-refractivity contribution in [1.29, 1.82) is 0 Å². The Kier molecular flexibility index (Phi) is 2.96. The number of amidine groups is 1. The van der Waals surface area contributed by atoms with Crippen molar-refractivity contribution < 1.29 is 0 Å². The quantitative estimate of drug-likeness (QED) is 0.766. The molecular formula is C11H15N5S. The molecule has 5 nitrogen and oxygen atoms in total. The average molecular weight is 249 g/mol. The minimum Gasteiger partial charge on any atom is -0.368 e. The summed E-state index contributed by atoms with van der Waals surface area (Å²) in [7, 11) is 0. The molecule has 1 atom stereocenters. The van der Waals surface area contributed by atoms with E-state index in [1.165, 1.54) is 32.1 Å². The van der Waals surface area contributed by atoms with Gasteiger partial charge in [0, 0.05) is 5.25 Å². The van der Waals surface area contributed by atoms with E-state index in [0.29, 0.717) is 17.0 Å². The normalized spacial score (nSPS) is 28.5. The van der Waals surface area contributed by atoms with Crippen LogP contribution in [0.4, 0.5) is 0 Å². The van der Waals surface area contributed by atoms with Gasteiger partial charge in [-0.05, 0) is 12.8 Å². The number of aliphatic imine (C=N–C) groups is 4. The fourth-order valence-corrected chi connectivity index (χ4v) is 3.67. The lowest BCUT2D eigenvalue weighted by Crippen LogP contribution is -2.32. The zero-order valence-corrected chi connectivity index (χ0v) is 10.4. The average Bonchev–Trinajstić information content (AvgIpc) is 2.78. The molecule has 17 heavy (non-hydrogen) atoms. The third-order valence-corrected chi connectivity index (χ3v) is 4.54. The summed E-state index contributed by atoms with van der Waals surface area (Å²) in [6.07, 6.45) is 8.10. The molecule has 1 aliphatic carbocycles. The van der Waals surface area contributed by atoms with E-state index in [1.54, 1.807) is 6.34 Å². The van der Waals surface area contributed by atoms with Crippen LogP contribution in [0.3, 0.4) is 0 Å². The Morgan fingerprint density at radius 3 is 2.82 bits per heavy atom. The van der Waals surface area contributed by atoms with Gasteiger partial charge in [0.1, 0.15) is 11.4 Å². The number of nitrogens with two attached hydrogens (primary N) is 1. The number of hydrogen-bond donors (Lipinski definition) is 1. The van der Waals surface area contributed by atoms with Crippen molar-refractivity contribution in [1.82, 2.24) is 0 Å². The van der Waals surface area contributed by atoms with Gasteiger partial charge in [-0.2, -0.15) is 4.99 Å². The molecule has 0 bridgehead atoms. The van der Waals surface area contributed by atoms with E-state index in [0.717, 1.165) is 5.04 Å². The standard InChI is InChI=1S/C11H15N5S/c12-11-15-9-8(13-6-14-9)10(16-11)17-7-4-2-1-3-5-7/h6-8H,1-5H2,(H2,12,13,14,15). The number of rotatable bonds is 1. The lowest BCUT2D eigenvalue weighted by molar-refractivity contribution is 0.517. The second-order valence-corrected chi connectivity index (χ2v) is 5.77. The van der Waals surface area contributed by atoms with Gasteiger partial charge < -0.3 is 5.73 Å². The molecule has 0 radical (unpaired) electrons. The highest BCUT2D eigenvalue weighted by Crippen LogP contribution is 2.31. The molecule has 2 heterocycles. The van der Waals surface area contributed by atoms with Gasteiger partial charge in [0.05, 0.1) is 0 Å². The molecule has 0 aromatic carbocycles. The number of thioether (sulfide) groups is 1. The highest BCUT2D eigenvalue weighted by molar-refractivity contribution is 8.14. The molecule has 6 heteroatoms. The molecule has 90 valence electrons. The van der Waals surface area contributed by atoms with Gasteiger partial charge in [-0.25, -0.2) is 9.98 Å². The number of guanidine groups is 1. The van der Waals surface area contributed by atoms with Crippen molar-refractivity contribution in [2.24, 2.45) is 25.7 Å². The zero-order chi connectivity index (χ0) is 11.7. The summed E-state index contributed by atoms with van der Waals surface area (Å²) in [5.41, 5.74) is 5.70. The molecule has 3 aliphatic rings. The Bertz CT molecular complexity index is 431. The van der Waals surface area contributed by atoms with Crippen molar-refractivity contribution in [2.45, 2.75) is 43.4 Å². The van der Waals surface area contributed by atoms with Crippen LogP contribution in [-0.4, -0.2) is 34.5 Å². The second kappa shape index (κ2) is 4.60. The third-order valence-electron chi connectivity index (χ3n) is 3.18. The topological polar surface area (TPSA) is 75.5 Å². The van der Waals surface area contributed by atoms with E-state index in [2.05, 4.69) is 20.0 Å². The first kappa shape index (κ1) is 11.0. The zero-order valence-electron chi connectivity index (χ0n) is 9.54. The Hall–Kier alpha value is -1.17. The summed E-state index contributed by atoms with van der Waals surface area (Å²) in [4.78, 5) is 16.8. The first-order chi connectivity index (χ1) is 8.33. The van der Waals surface area contributed by atoms with Crippen molar-refractivity contribution >= 4 is 34.9 Å². The Balaban J connectivity index is 1.75. The van der Waals surface area contributed by atoms with Crippen LogP contribution in [0.2, 0.25) is 0 Å². The molecule has 1 fully saturated rings. The van der Waals surface area contributed by atoms with Crippen LogP contribution in [0, 0.1) is 0 Å². The summed E-state index contributed by atoms with van der Waals surface area (Å²) in [5, 5.41) is 1.63. The molecule has 0 aromatic rings. The maximum atomic E-state index is 5.70. The fraction of sp³-hybridized carbons (Fsp3) is 0.636. The van der Waals surface area contributed by atoms with Gasteiger partial charge in [-0.15, -0.1) is 11.8 Å². The van der Waals surface area contributed by atoms with Gasteiger partial charge in [-0.1, -0.05) is 19.3 Å². The molecule has 0 amide bonds. The lowest BCUT2D eigenvalue weighted by Gasteiger charge is -2.24. The Morgan fingerprint density at radius 1 is 1.18 bits per heavy atom. The van der Waals surface area contributed by atoms with Gasteiger partial charge >= 0.3 is 0 Å². The molecule has 0 aromatic heterocycles. The highest BCUT2D eigenvalue weighted by Gasteiger charge is 2.30. The van der Waals surface area contributed by atoms with Crippen molar-refractivity contribution in [2.75, 3.05) is 0 Å². The van der Waals surface area contributed by atoms with Crippen LogP contribution in [0.25, 0.3) is 0 Å². The highest BCUT2D eigenvalue weighted by atomic mass is 32.2. The van der Waals surface area contributed by atoms with Gasteiger partial charge in [-0.3, -0.25) is 4.99 Å². The van der Waals surface area contributed by atoms with Gasteiger partial charge in [0.2, 0.25) is 5.96 Å². The summed E-state index contributed by atoms with van der Waals surface area (Å²) < 4.78 is 0. The first-order valence-corrected chi connectivity index (χ1v) is 6.89. The van der Waals surface area contributed by atoms with Crippen LogP contribution in [0.1, 0.15) is 32.1 Å². The molecule has 0 spiro atoms. The van der Waals surface area contributed by atoms with Crippen molar-refractivity contribution in [3.05, 3.63) is 0 Å². The maximum Gasteiger partial charge on any atom is 0.222 e. The third kappa shape index (κ3) is 2.26. The van der Waals surface area contributed by atoms with Crippen LogP contribution < -0.4 is 5.73 Å². The van der Waals surface area contributed by atoms with E-state index >= 15 is 0 Å². The smallest absolute Gasteiger partial charge is 0.222 e. The molecule has 1 unspecified atom stereocenters. The van der Waals surface area contributed by atoms with Crippen molar-refractivity contribution in [3.8, 4) is 0 Å². The van der Waals surface area contributed by atoms with Crippen LogP contribution in [-0.2, 0) is 0 Å². The monoisotopic (exact) mass is 249 g/mol. The largest absolute Gasteiger partial charge is 0.368 e. The Labute approximate surface area is 104 Å². The van der Waals surface area contributed by atoms with E-state index in [-0.39, 0.29) is 6.04 Å². The predicted molar refractivity (Wildman–Crippen MR) is 73.2 cm³/mol. The summed E-state index contributed by atoms with van der Waals surface area (Å²) in [6.45, 7) is 0. The van der Waals surface area contributed by atoms with E-state index in [4.69, 9.17) is 5.73 Å². The summed E-state index contributed by atoms with van der Waals surface area (Å²) in [6, 6.07) is -0.0887. The summed E-state index contributed by atoms with van der Waals surface area (Å²) in [5.74, 6) is 1.000. The molecular weight excluding hydrogens is 234 g/mol.